The van der Waals surface area contributed by atoms with Crippen molar-refractivity contribution in [2.75, 3.05) is 32.8 Å². The fraction of sp³-hybridized carbons (Fsp3) is 0.556. The van der Waals surface area contributed by atoms with Gasteiger partial charge in [-0.2, -0.15) is 4.31 Å². The molecule has 0 bridgehead atoms. The zero-order chi connectivity index (χ0) is 20.9. The summed E-state index contributed by atoms with van der Waals surface area (Å²) in [6.45, 7) is 2.99. The van der Waals surface area contributed by atoms with Crippen LogP contribution in [-0.4, -0.2) is 51.9 Å². The Bertz CT molecular complexity index is 807. The van der Waals surface area contributed by atoms with Crippen LogP contribution in [0.1, 0.15) is 19.3 Å². The standard InChI is InChI=1S/C18H24F3N3O4S/c19-18(20,21)28-16-1-3-17(4-2-16)29(25,26)24-11-7-15(8-12-24)23-27-13-14-5-9-22-10-6-14/h1-4,7,14,22-23H,5-6,8-13H2. The van der Waals surface area contributed by atoms with Crippen LogP contribution in [-0.2, 0) is 14.9 Å². The molecule has 0 aliphatic carbocycles. The molecule has 0 unspecified atom stereocenters. The van der Waals surface area contributed by atoms with E-state index >= 15 is 0 Å². The molecule has 0 atom stereocenters. The summed E-state index contributed by atoms with van der Waals surface area (Å²) in [4.78, 5) is 5.47. The van der Waals surface area contributed by atoms with Gasteiger partial charge in [-0.15, -0.1) is 13.2 Å². The summed E-state index contributed by atoms with van der Waals surface area (Å²) in [6.07, 6.45) is -0.484. The van der Waals surface area contributed by atoms with E-state index in [1.54, 1.807) is 6.08 Å². The van der Waals surface area contributed by atoms with Gasteiger partial charge in [0, 0.05) is 25.2 Å². The molecular formula is C18H24F3N3O4S. The molecule has 2 heterocycles. The number of benzene rings is 1. The smallest absolute Gasteiger partial charge is 0.406 e. The second-order valence-electron chi connectivity index (χ2n) is 6.97. The summed E-state index contributed by atoms with van der Waals surface area (Å²) in [5, 5.41) is 3.29. The van der Waals surface area contributed by atoms with E-state index < -0.39 is 22.1 Å². The maximum atomic E-state index is 12.7. The Hall–Kier alpha value is -1.82. The summed E-state index contributed by atoms with van der Waals surface area (Å²) in [6, 6.07) is 4.19. The maximum absolute atomic E-state index is 12.7. The van der Waals surface area contributed by atoms with Gasteiger partial charge in [0.25, 0.3) is 0 Å². The molecule has 162 valence electrons. The topological polar surface area (TPSA) is 79.9 Å². The molecule has 1 saturated heterocycles. The van der Waals surface area contributed by atoms with Crippen LogP contribution in [0.15, 0.2) is 40.9 Å². The summed E-state index contributed by atoms with van der Waals surface area (Å²) in [5.74, 6) is 0.0430. The second-order valence-corrected chi connectivity index (χ2v) is 8.91. The molecule has 1 aromatic carbocycles. The molecule has 0 aromatic heterocycles. The first-order valence-electron chi connectivity index (χ1n) is 9.37. The highest BCUT2D eigenvalue weighted by Crippen LogP contribution is 2.26. The molecule has 0 radical (unpaired) electrons. The lowest BCUT2D eigenvalue weighted by molar-refractivity contribution is -0.274. The number of rotatable bonds is 7. The van der Waals surface area contributed by atoms with Gasteiger partial charge in [0.05, 0.1) is 11.5 Å². The fourth-order valence-corrected chi connectivity index (χ4v) is 4.61. The first kappa shape index (κ1) is 21.9. The molecule has 11 heteroatoms. The highest BCUT2D eigenvalue weighted by molar-refractivity contribution is 7.89. The normalized spacial score (nSPS) is 19.6. The van der Waals surface area contributed by atoms with Crippen LogP contribution >= 0.6 is 0 Å². The predicted octanol–water partition coefficient (Wildman–Crippen LogP) is 2.38. The molecular weight excluding hydrogens is 411 g/mol. The molecule has 0 amide bonds. The van der Waals surface area contributed by atoms with E-state index in [0.29, 0.717) is 18.9 Å². The molecule has 2 N–H and O–H groups in total. The minimum absolute atomic E-state index is 0.0843. The van der Waals surface area contributed by atoms with E-state index in [0.717, 1.165) is 55.9 Å². The van der Waals surface area contributed by atoms with Crippen molar-refractivity contribution in [3.63, 3.8) is 0 Å². The third-order valence-corrected chi connectivity index (χ3v) is 6.73. The van der Waals surface area contributed by atoms with E-state index in [2.05, 4.69) is 15.5 Å². The van der Waals surface area contributed by atoms with Crippen molar-refractivity contribution >= 4 is 10.0 Å². The summed E-state index contributed by atoms with van der Waals surface area (Å²) >= 11 is 0. The van der Waals surface area contributed by atoms with Crippen molar-refractivity contribution in [1.29, 1.82) is 0 Å². The number of hydrogen-bond acceptors (Lipinski definition) is 6. The lowest BCUT2D eigenvalue weighted by atomic mass is 10.00. The zero-order valence-electron chi connectivity index (χ0n) is 15.7. The maximum Gasteiger partial charge on any atom is 0.573 e. The number of piperidine rings is 1. The van der Waals surface area contributed by atoms with E-state index in [4.69, 9.17) is 4.84 Å². The van der Waals surface area contributed by atoms with Crippen LogP contribution in [0.3, 0.4) is 0 Å². The van der Waals surface area contributed by atoms with Crippen molar-refractivity contribution in [3.8, 4) is 5.75 Å². The first-order chi connectivity index (χ1) is 13.7. The average molecular weight is 435 g/mol. The lowest BCUT2D eigenvalue weighted by Gasteiger charge is -2.27. The highest BCUT2D eigenvalue weighted by Gasteiger charge is 2.31. The van der Waals surface area contributed by atoms with Crippen molar-refractivity contribution in [3.05, 3.63) is 36.0 Å². The van der Waals surface area contributed by atoms with Gasteiger partial charge in [0.1, 0.15) is 5.75 Å². The van der Waals surface area contributed by atoms with Crippen molar-refractivity contribution in [2.24, 2.45) is 5.92 Å². The molecule has 1 aromatic rings. The van der Waals surface area contributed by atoms with Gasteiger partial charge in [-0.05, 0) is 62.2 Å². The molecule has 1 fully saturated rings. The minimum atomic E-state index is -4.82. The average Bonchev–Trinajstić information content (AvgIpc) is 2.68. The van der Waals surface area contributed by atoms with E-state index in [-0.39, 0.29) is 18.0 Å². The Morgan fingerprint density at radius 3 is 2.45 bits per heavy atom. The fourth-order valence-electron chi connectivity index (χ4n) is 3.22. The van der Waals surface area contributed by atoms with Gasteiger partial charge < -0.3 is 10.1 Å². The SMILES string of the molecule is O=S(=O)(c1ccc(OC(F)(F)F)cc1)N1CC=C(NOCC2CCNCC2)CC1. The molecule has 29 heavy (non-hydrogen) atoms. The van der Waals surface area contributed by atoms with Crippen LogP contribution in [0.5, 0.6) is 5.75 Å². The first-order valence-corrected chi connectivity index (χ1v) is 10.8. The summed E-state index contributed by atoms with van der Waals surface area (Å²) in [5.41, 5.74) is 3.72. The largest absolute Gasteiger partial charge is 0.573 e. The van der Waals surface area contributed by atoms with Crippen LogP contribution in [0.25, 0.3) is 0 Å². The van der Waals surface area contributed by atoms with E-state index in [1.165, 1.54) is 4.31 Å². The third kappa shape index (κ3) is 6.33. The van der Waals surface area contributed by atoms with Gasteiger partial charge >= 0.3 is 6.36 Å². The molecule has 0 spiro atoms. The summed E-state index contributed by atoms with van der Waals surface area (Å²) < 4.78 is 67.1. The number of hydrogen-bond donors (Lipinski definition) is 2. The zero-order valence-corrected chi connectivity index (χ0v) is 16.6. The number of halogens is 3. The molecule has 3 rings (SSSR count). The number of sulfonamides is 1. The van der Waals surface area contributed by atoms with Gasteiger partial charge in [-0.25, -0.2) is 8.42 Å². The van der Waals surface area contributed by atoms with E-state index in [1.807, 2.05) is 0 Å². The van der Waals surface area contributed by atoms with Crippen LogP contribution < -0.4 is 15.5 Å². The number of ether oxygens (including phenoxy) is 1. The molecule has 7 nitrogen and oxygen atoms in total. The molecule has 2 aliphatic rings. The summed E-state index contributed by atoms with van der Waals surface area (Å²) in [7, 11) is -3.81. The Morgan fingerprint density at radius 1 is 1.17 bits per heavy atom. The number of nitrogens with zero attached hydrogens (tertiary/aromatic N) is 1. The van der Waals surface area contributed by atoms with E-state index in [9.17, 15) is 21.6 Å². The number of nitrogens with one attached hydrogen (secondary N) is 2. The number of alkyl halides is 3. The van der Waals surface area contributed by atoms with Crippen LogP contribution in [0.4, 0.5) is 13.2 Å². The Balaban J connectivity index is 1.51. The Kier molecular flexibility index (Phi) is 7.04. The van der Waals surface area contributed by atoms with Gasteiger partial charge in [-0.1, -0.05) is 0 Å². The quantitative estimate of drug-likeness (QED) is 0.641. The lowest BCUT2D eigenvalue weighted by Crippen LogP contribution is -2.37. The van der Waals surface area contributed by atoms with Gasteiger partial charge in [-0.3, -0.25) is 10.3 Å². The highest BCUT2D eigenvalue weighted by atomic mass is 32.2. The predicted molar refractivity (Wildman–Crippen MR) is 99.3 cm³/mol. The monoisotopic (exact) mass is 435 g/mol. The van der Waals surface area contributed by atoms with Crippen molar-refractivity contribution in [2.45, 2.75) is 30.5 Å². The Labute approximate surface area is 167 Å². The van der Waals surface area contributed by atoms with Crippen molar-refractivity contribution in [1.82, 2.24) is 15.1 Å². The van der Waals surface area contributed by atoms with Crippen LogP contribution in [0, 0.1) is 5.92 Å². The second kappa shape index (κ2) is 9.33. The van der Waals surface area contributed by atoms with Crippen LogP contribution in [0.2, 0.25) is 0 Å². The Morgan fingerprint density at radius 2 is 1.86 bits per heavy atom. The van der Waals surface area contributed by atoms with Gasteiger partial charge in [0.15, 0.2) is 0 Å². The molecule has 2 aliphatic heterocycles. The number of hydroxylamine groups is 1. The minimum Gasteiger partial charge on any atom is -0.406 e. The van der Waals surface area contributed by atoms with Crippen molar-refractivity contribution < 1.29 is 31.2 Å². The third-order valence-electron chi connectivity index (χ3n) is 4.85. The van der Waals surface area contributed by atoms with Gasteiger partial charge in [0.2, 0.25) is 10.0 Å². The molecule has 0 saturated carbocycles.